The quantitative estimate of drug-likeness (QED) is 0.324. The van der Waals surface area contributed by atoms with Crippen LogP contribution in [0.5, 0.6) is 5.75 Å². The number of carbonyl (C=O) groups excluding carboxylic acids is 3. The molecule has 0 spiro atoms. The van der Waals surface area contributed by atoms with Crippen molar-refractivity contribution in [3.63, 3.8) is 0 Å². The van der Waals surface area contributed by atoms with E-state index in [0.717, 1.165) is 17.8 Å². The zero-order valence-electron chi connectivity index (χ0n) is 24.8. The predicted molar refractivity (Wildman–Crippen MR) is 159 cm³/mol. The molecule has 4 amide bonds. The molecular formula is C29H33F3N6O6S. The van der Waals surface area contributed by atoms with Gasteiger partial charge in [0.25, 0.3) is 11.1 Å². The maximum atomic E-state index is 13.1. The zero-order valence-corrected chi connectivity index (χ0v) is 25.6. The lowest BCUT2D eigenvalue weighted by atomic mass is 9.84. The van der Waals surface area contributed by atoms with Crippen LogP contribution in [-0.4, -0.2) is 74.2 Å². The van der Waals surface area contributed by atoms with E-state index in [1.807, 2.05) is 4.90 Å². The zero-order chi connectivity index (χ0) is 32.9. The van der Waals surface area contributed by atoms with Crippen LogP contribution in [0.2, 0.25) is 0 Å². The van der Waals surface area contributed by atoms with Crippen LogP contribution in [-0.2, 0) is 16.1 Å². The predicted octanol–water partition coefficient (Wildman–Crippen LogP) is 4.77. The average Bonchev–Trinajstić information content (AvgIpc) is 3.26. The Labute approximate surface area is 261 Å². The molecule has 12 nitrogen and oxygen atoms in total. The standard InChI is InChI=1S/C29H33F3N6O6S/c1-28(2,3)38(27(42)43)21(15-23(39)34-16-17-5-4-6-20(13-17)44-29(30,31)32)18-8-11-37(12-9-18)25-33-10-7-19(35-25)14-22-24(40)36-26(41)45-22/h4-7,10,13-14,18,21H,8-9,11-12,15-16H2,1-3H3,(H,34,39)(H,42,43)(H,36,40,41). The lowest BCUT2D eigenvalue weighted by Gasteiger charge is -2.45. The van der Waals surface area contributed by atoms with Gasteiger partial charge in [-0.15, -0.1) is 13.2 Å². The van der Waals surface area contributed by atoms with Gasteiger partial charge >= 0.3 is 12.5 Å². The Bertz CT molecular complexity index is 1470. The van der Waals surface area contributed by atoms with Gasteiger partial charge in [0.05, 0.1) is 10.6 Å². The van der Waals surface area contributed by atoms with Crippen LogP contribution in [0.1, 0.15) is 51.3 Å². The molecule has 2 aliphatic heterocycles. The van der Waals surface area contributed by atoms with Gasteiger partial charge in [0, 0.05) is 43.8 Å². The molecule has 0 bridgehead atoms. The van der Waals surface area contributed by atoms with Crippen molar-refractivity contribution in [1.29, 1.82) is 0 Å². The van der Waals surface area contributed by atoms with Crippen molar-refractivity contribution in [2.24, 2.45) is 5.92 Å². The number of amides is 4. The van der Waals surface area contributed by atoms with Crippen molar-refractivity contribution in [1.82, 2.24) is 25.5 Å². The number of carbonyl (C=O) groups is 4. The molecule has 0 aliphatic carbocycles. The molecule has 2 fully saturated rings. The number of halogens is 3. The SMILES string of the molecule is CC(C)(C)N(C(=O)O)C(CC(=O)NCc1cccc(OC(F)(F)F)c1)C1CCN(c2nccc(C=C3SC(=O)NC3=O)n2)CC1. The Kier molecular flexibility index (Phi) is 10.3. The summed E-state index contributed by atoms with van der Waals surface area (Å²) in [5, 5.41) is 14.6. The van der Waals surface area contributed by atoms with Gasteiger partial charge in [0.2, 0.25) is 11.9 Å². The van der Waals surface area contributed by atoms with Gasteiger partial charge in [-0.3, -0.25) is 24.6 Å². The normalized spacial score (nSPS) is 17.6. The number of piperidine rings is 1. The number of hydrogen-bond donors (Lipinski definition) is 3. The number of aromatic nitrogens is 2. The summed E-state index contributed by atoms with van der Waals surface area (Å²) in [5.41, 5.74) is 0.00966. The van der Waals surface area contributed by atoms with Crippen LogP contribution in [0.4, 0.5) is 28.7 Å². The number of ether oxygens (including phenoxy) is 1. The van der Waals surface area contributed by atoms with Crippen LogP contribution >= 0.6 is 11.8 Å². The molecule has 2 aromatic rings. The Balaban J connectivity index is 1.44. The maximum Gasteiger partial charge on any atom is 0.573 e. The molecule has 2 aliphatic rings. The van der Waals surface area contributed by atoms with Gasteiger partial charge in [-0.05, 0) is 81.1 Å². The number of alkyl halides is 3. The van der Waals surface area contributed by atoms with Crippen LogP contribution in [0.15, 0.2) is 41.4 Å². The number of imide groups is 1. The molecule has 3 N–H and O–H groups in total. The van der Waals surface area contributed by atoms with Gasteiger partial charge in [-0.2, -0.15) is 0 Å². The van der Waals surface area contributed by atoms with E-state index < -0.39 is 46.8 Å². The monoisotopic (exact) mass is 650 g/mol. The largest absolute Gasteiger partial charge is 0.573 e. The van der Waals surface area contributed by atoms with Crippen LogP contribution in [0.25, 0.3) is 6.08 Å². The van der Waals surface area contributed by atoms with E-state index in [0.29, 0.717) is 43.1 Å². The Morgan fingerprint density at radius 1 is 1.22 bits per heavy atom. The fourth-order valence-electron chi connectivity index (χ4n) is 5.34. The average molecular weight is 651 g/mol. The van der Waals surface area contributed by atoms with Gasteiger partial charge in [0.15, 0.2) is 0 Å². The number of hydrogen-bond acceptors (Lipinski definition) is 9. The summed E-state index contributed by atoms with van der Waals surface area (Å²) in [6.45, 7) is 6.12. The molecule has 16 heteroatoms. The number of nitrogens with zero attached hydrogens (tertiary/aromatic N) is 4. The third-order valence-electron chi connectivity index (χ3n) is 7.23. The van der Waals surface area contributed by atoms with Crippen molar-refractivity contribution >= 4 is 46.9 Å². The first-order valence-corrected chi connectivity index (χ1v) is 14.9. The molecule has 0 radical (unpaired) electrons. The van der Waals surface area contributed by atoms with Crippen molar-refractivity contribution in [2.45, 2.75) is 64.5 Å². The highest BCUT2D eigenvalue weighted by molar-refractivity contribution is 8.18. The molecule has 2 saturated heterocycles. The third kappa shape index (κ3) is 9.33. The molecule has 45 heavy (non-hydrogen) atoms. The number of thioether (sulfide) groups is 1. The summed E-state index contributed by atoms with van der Waals surface area (Å²) in [6, 6.07) is 6.19. The highest BCUT2D eigenvalue weighted by Gasteiger charge is 2.40. The first-order valence-electron chi connectivity index (χ1n) is 14.1. The Morgan fingerprint density at radius 2 is 1.93 bits per heavy atom. The molecule has 3 heterocycles. The smallest absolute Gasteiger partial charge is 0.465 e. The summed E-state index contributed by atoms with van der Waals surface area (Å²) in [7, 11) is 0. The number of anilines is 1. The van der Waals surface area contributed by atoms with E-state index in [1.54, 1.807) is 39.1 Å². The molecule has 4 rings (SSSR count). The van der Waals surface area contributed by atoms with Crippen molar-refractivity contribution in [3.05, 3.63) is 52.7 Å². The summed E-state index contributed by atoms with van der Waals surface area (Å²) < 4.78 is 41.7. The van der Waals surface area contributed by atoms with Gasteiger partial charge in [-0.1, -0.05) is 12.1 Å². The lowest BCUT2D eigenvalue weighted by Crippen LogP contribution is -2.56. The molecule has 1 aromatic carbocycles. The van der Waals surface area contributed by atoms with Gasteiger partial charge in [-0.25, -0.2) is 14.8 Å². The number of rotatable bonds is 9. The minimum absolute atomic E-state index is 0.0696. The molecule has 1 atom stereocenters. The highest BCUT2D eigenvalue weighted by Crippen LogP contribution is 2.32. The second-order valence-corrected chi connectivity index (χ2v) is 12.5. The first kappa shape index (κ1) is 33.6. The first-order chi connectivity index (χ1) is 21.1. The van der Waals surface area contributed by atoms with Crippen molar-refractivity contribution < 1.29 is 42.2 Å². The van der Waals surface area contributed by atoms with E-state index >= 15 is 0 Å². The van der Waals surface area contributed by atoms with E-state index in [-0.39, 0.29) is 23.8 Å². The fraction of sp³-hybridized carbons (Fsp3) is 0.448. The molecule has 1 aromatic heterocycles. The third-order valence-corrected chi connectivity index (χ3v) is 8.04. The second kappa shape index (κ2) is 13.7. The lowest BCUT2D eigenvalue weighted by molar-refractivity contribution is -0.274. The van der Waals surface area contributed by atoms with Crippen molar-refractivity contribution in [2.75, 3.05) is 18.0 Å². The van der Waals surface area contributed by atoms with Crippen LogP contribution < -0.4 is 20.3 Å². The van der Waals surface area contributed by atoms with E-state index in [4.69, 9.17) is 0 Å². The molecule has 242 valence electrons. The topological polar surface area (TPSA) is 154 Å². The summed E-state index contributed by atoms with van der Waals surface area (Å²) in [4.78, 5) is 61.3. The Hall–Kier alpha value is -4.34. The van der Waals surface area contributed by atoms with E-state index in [1.165, 1.54) is 23.1 Å². The van der Waals surface area contributed by atoms with Gasteiger partial charge < -0.3 is 20.1 Å². The molecule has 0 saturated carbocycles. The van der Waals surface area contributed by atoms with Crippen LogP contribution in [0.3, 0.4) is 0 Å². The fourth-order valence-corrected chi connectivity index (χ4v) is 6.01. The second-order valence-electron chi connectivity index (χ2n) is 11.5. The van der Waals surface area contributed by atoms with E-state index in [2.05, 4.69) is 25.3 Å². The van der Waals surface area contributed by atoms with E-state index in [9.17, 15) is 37.5 Å². The molecule has 1 unspecified atom stereocenters. The number of carboxylic acid groups (broad SMARTS) is 1. The molecular weight excluding hydrogens is 617 g/mol. The van der Waals surface area contributed by atoms with Crippen LogP contribution in [0, 0.1) is 5.92 Å². The minimum atomic E-state index is -4.85. The summed E-state index contributed by atoms with van der Waals surface area (Å²) in [6.07, 6.45) is -2.07. The summed E-state index contributed by atoms with van der Waals surface area (Å²) in [5.74, 6) is -1.13. The number of benzene rings is 1. The van der Waals surface area contributed by atoms with Gasteiger partial charge in [0.1, 0.15) is 5.75 Å². The Morgan fingerprint density at radius 3 is 2.53 bits per heavy atom. The highest BCUT2D eigenvalue weighted by atomic mass is 32.2. The maximum absolute atomic E-state index is 13.1. The number of nitrogens with one attached hydrogen (secondary N) is 2. The summed E-state index contributed by atoms with van der Waals surface area (Å²) >= 11 is 0.785. The van der Waals surface area contributed by atoms with Crippen molar-refractivity contribution in [3.8, 4) is 5.75 Å². The minimum Gasteiger partial charge on any atom is -0.465 e.